The van der Waals surface area contributed by atoms with E-state index in [2.05, 4.69) is 22.9 Å². The molecular formula is C34H45N5O4. The summed E-state index contributed by atoms with van der Waals surface area (Å²) in [6.45, 7) is 4.51. The van der Waals surface area contributed by atoms with Crippen LogP contribution in [0.25, 0.3) is 0 Å². The predicted molar refractivity (Wildman–Crippen MR) is 165 cm³/mol. The van der Waals surface area contributed by atoms with E-state index in [0.29, 0.717) is 31.7 Å². The lowest BCUT2D eigenvalue weighted by atomic mass is 9.98. The summed E-state index contributed by atoms with van der Waals surface area (Å²) in [4.78, 5) is 58.4. The molecule has 2 heterocycles. The maximum atomic E-state index is 14.3. The molecule has 9 heteroatoms. The zero-order valence-corrected chi connectivity index (χ0v) is 25.5. The number of carbonyl (C=O) groups excluding carboxylic acids is 4. The van der Waals surface area contributed by atoms with E-state index in [1.165, 1.54) is 0 Å². The number of nitrogens with zero attached hydrogens (tertiary/aromatic N) is 2. The summed E-state index contributed by atoms with van der Waals surface area (Å²) in [5.41, 5.74) is 1.91. The zero-order valence-electron chi connectivity index (χ0n) is 25.5. The highest BCUT2D eigenvalue weighted by Gasteiger charge is 2.46. The molecule has 2 saturated heterocycles. The lowest BCUT2D eigenvalue weighted by molar-refractivity contribution is -0.148. The first-order chi connectivity index (χ1) is 20.8. The van der Waals surface area contributed by atoms with Crippen molar-refractivity contribution in [2.75, 3.05) is 20.1 Å². The molecule has 3 fully saturated rings. The molecule has 2 aromatic carbocycles. The molecule has 3 aliphatic rings. The van der Waals surface area contributed by atoms with Crippen LogP contribution in [0, 0.1) is 11.8 Å². The van der Waals surface area contributed by atoms with E-state index in [-0.39, 0.29) is 48.2 Å². The van der Waals surface area contributed by atoms with Gasteiger partial charge in [-0.1, -0.05) is 67.6 Å². The van der Waals surface area contributed by atoms with Crippen molar-refractivity contribution in [3.05, 3.63) is 71.8 Å². The van der Waals surface area contributed by atoms with Gasteiger partial charge in [0.1, 0.15) is 12.1 Å². The molecule has 1 aliphatic carbocycles. The van der Waals surface area contributed by atoms with Crippen molar-refractivity contribution in [3.8, 4) is 0 Å². The second-order valence-electron chi connectivity index (χ2n) is 12.5. The van der Waals surface area contributed by atoms with Gasteiger partial charge in [-0.05, 0) is 69.5 Å². The molecule has 2 aromatic rings. The van der Waals surface area contributed by atoms with Crippen LogP contribution in [-0.4, -0.2) is 77.7 Å². The number of rotatable bonds is 8. The summed E-state index contributed by atoms with van der Waals surface area (Å²) in [6, 6.07) is 17.0. The van der Waals surface area contributed by atoms with Gasteiger partial charge >= 0.3 is 0 Å². The first-order valence-corrected chi connectivity index (χ1v) is 15.8. The number of amides is 4. The van der Waals surface area contributed by atoms with Gasteiger partial charge in [-0.3, -0.25) is 19.2 Å². The van der Waals surface area contributed by atoms with Gasteiger partial charge in [0.2, 0.25) is 23.6 Å². The Balaban J connectivity index is 1.39. The quantitative estimate of drug-likeness (QED) is 0.440. The molecule has 6 atom stereocenters. The van der Waals surface area contributed by atoms with Crippen molar-refractivity contribution < 1.29 is 19.2 Å². The van der Waals surface area contributed by atoms with Gasteiger partial charge in [0, 0.05) is 25.0 Å². The van der Waals surface area contributed by atoms with Crippen LogP contribution in [-0.2, 0) is 19.2 Å². The molecule has 0 unspecified atom stereocenters. The number of fused-ring (bicyclic) bond motifs is 1. The van der Waals surface area contributed by atoms with Gasteiger partial charge in [0.25, 0.3) is 0 Å². The highest BCUT2D eigenvalue weighted by molar-refractivity contribution is 5.94. The van der Waals surface area contributed by atoms with E-state index < -0.39 is 18.1 Å². The fourth-order valence-electron chi connectivity index (χ4n) is 6.95. The first kappa shape index (κ1) is 30.7. The highest BCUT2D eigenvalue weighted by Crippen LogP contribution is 2.34. The Labute approximate surface area is 254 Å². The molecule has 9 nitrogen and oxygen atoms in total. The Morgan fingerprint density at radius 2 is 1.53 bits per heavy atom. The topological polar surface area (TPSA) is 111 Å². The van der Waals surface area contributed by atoms with E-state index in [9.17, 15) is 19.2 Å². The predicted octanol–water partition coefficient (Wildman–Crippen LogP) is 3.01. The van der Waals surface area contributed by atoms with Crippen LogP contribution < -0.4 is 16.0 Å². The molecule has 0 radical (unpaired) electrons. The number of likely N-dealkylation sites (N-methyl/N-ethyl adjacent to an activating group) is 1. The largest absolute Gasteiger partial charge is 0.343 e. The molecule has 230 valence electrons. The summed E-state index contributed by atoms with van der Waals surface area (Å²) in [5, 5.41) is 9.08. The average molecular weight is 588 g/mol. The molecule has 5 rings (SSSR count). The minimum Gasteiger partial charge on any atom is -0.343 e. The van der Waals surface area contributed by atoms with Gasteiger partial charge in [-0.2, -0.15) is 0 Å². The number of benzene rings is 2. The second-order valence-corrected chi connectivity index (χ2v) is 12.5. The lowest BCUT2D eigenvalue weighted by Gasteiger charge is -2.39. The lowest BCUT2D eigenvalue weighted by Crippen LogP contribution is -2.62. The smallest absolute Gasteiger partial charge is 0.247 e. The number of nitrogens with one attached hydrogen (secondary N) is 3. The van der Waals surface area contributed by atoms with E-state index >= 15 is 0 Å². The van der Waals surface area contributed by atoms with Gasteiger partial charge in [-0.25, -0.2) is 0 Å². The van der Waals surface area contributed by atoms with E-state index in [1.54, 1.807) is 23.8 Å². The molecule has 0 spiro atoms. The van der Waals surface area contributed by atoms with E-state index in [4.69, 9.17) is 0 Å². The zero-order chi connectivity index (χ0) is 30.5. The van der Waals surface area contributed by atoms with Gasteiger partial charge in [0.05, 0.1) is 12.1 Å². The summed E-state index contributed by atoms with van der Waals surface area (Å²) in [6.07, 6.45) is 4.56. The number of hydrogen-bond acceptors (Lipinski definition) is 5. The van der Waals surface area contributed by atoms with Gasteiger partial charge < -0.3 is 25.8 Å². The molecular weight excluding hydrogens is 542 g/mol. The van der Waals surface area contributed by atoms with Crippen molar-refractivity contribution >= 4 is 23.6 Å². The van der Waals surface area contributed by atoms with Crippen LogP contribution in [0.1, 0.15) is 69.5 Å². The highest BCUT2D eigenvalue weighted by atomic mass is 16.2. The van der Waals surface area contributed by atoms with Gasteiger partial charge in [-0.15, -0.1) is 0 Å². The Morgan fingerprint density at radius 1 is 0.884 bits per heavy atom. The average Bonchev–Trinajstić information content (AvgIpc) is 3.66. The minimum absolute atomic E-state index is 0.0387. The van der Waals surface area contributed by atoms with Crippen molar-refractivity contribution in [1.82, 2.24) is 25.8 Å². The maximum Gasteiger partial charge on any atom is 0.247 e. The number of carbonyl (C=O) groups is 4. The fraction of sp³-hybridized carbons (Fsp3) is 0.529. The fourth-order valence-corrected chi connectivity index (χ4v) is 6.95. The molecule has 3 N–H and O–H groups in total. The van der Waals surface area contributed by atoms with Gasteiger partial charge in [0.15, 0.2) is 0 Å². The normalized spacial score (nSPS) is 26.4. The Hall–Kier alpha value is -3.72. The van der Waals surface area contributed by atoms with E-state index in [1.807, 2.05) is 60.7 Å². The summed E-state index contributed by atoms with van der Waals surface area (Å²) < 4.78 is 0. The van der Waals surface area contributed by atoms with Crippen LogP contribution in [0.4, 0.5) is 0 Å². The van der Waals surface area contributed by atoms with Crippen LogP contribution in [0.5, 0.6) is 0 Å². The molecule has 0 aromatic heterocycles. The van der Waals surface area contributed by atoms with Crippen LogP contribution >= 0.6 is 0 Å². The third-order valence-corrected chi connectivity index (χ3v) is 9.54. The SMILES string of the molecule is CN[C@@H](C)C(=O)N[C@H]1CN(C(=O)[C@H]2CC[C@H](C)C2)CC[C@H]2CC[C@@H](C(=O)NC(c3ccccc3)c3ccccc3)N2C1=O. The van der Waals surface area contributed by atoms with Crippen molar-refractivity contribution in [2.45, 2.75) is 82.6 Å². The molecule has 2 aliphatic heterocycles. The van der Waals surface area contributed by atoms with E-state index in [0.717, 1.165) is 30.4 Å². The van der Waals surface area contributed by atoms with Crippen molar-refractivity contribution in [1.29, 1.82) is 0 Å². The molecule has 0 bridgehead atoms. The summed E-state index contributed by atoms with van der Waals surface area (Å²) in [5.74, 6) is -0.273. The maximum absolute atomic E-state index is 14.3. The van der Waals surface area contributed by atoms with Crippen LogP contribution in [0.15, 0.2) is 60.7 Å². The summed E-state index contributed by atoms with van der Waals surface area (Å²) >= 11 is 0. The third kappa shape index (κ3) is 6.93. The standard InChI is InChI=1S/C34H45N5O4/c1-22-14-15-26(20-22)33(42)38-19-18-27-16-17-29(39(27)34(43)28(21-38)36-31(40)23(2)35-3)32(41)37-30(24-10-6-4-7-11-24)25-12-8-5-9-13-25/h4-13,22-23,26-30,35H,14-21H2,1-3H3,(H,36,40)(H,37,41)/t22-,23-,26-,27+,28-,29-/m0/s1. The van der Waals surface area contributed by atoms with Crippen LogP contribution in [0.2, 0.25) is 0 Å². The monoisotopic (exact) mass is 587 g/mol. The Morgan fingerprint density at radius 3 is 2.12 bits per heavy atom. The molecule has 43 heavy (non-hydrogen) atoms. The van der Waals surface area contributed by atoms with Crippen molar-refractivity contribution in [3.63, 3.8) is 0 Å². The molecule has 4 amide bonds. The molecule has 1 saturated carbocycles. The van der Waals surface area contributed by atoms with Crippen molar-refractivity contribution in [2.24, 2.45) is 11.8 Å². The summed E-state index contributed by atoms with van der Waals surface area (Å²) in [7, 11) is 1.69. The van der Waals surface area contributed by atoms with Crippen LogP contribution in [0.3, 0.4) is 0 Å². The first-order valence-electron chi connectivity index (χ1n) is 15.8. The Bertz CT molecular complexity index is 1250. The number of hydrogen-bond donors (Lipinski definition) is 3. The third-order valence-electron chi connectivity index (χ3n) is 9.54. The minimum atomic E-state index is -0.929. The second kappa shape index (κ2) is 13.7. The Kier molecular flexibility index (Phi) is 9.80.